The van der Waals surface area contributed by atoms with Crippen LogP contribution >= 0.6 is 0 Å². The predicted molar refractivity (Wildman–Crippen MR) is 399 cm³/mol. The lowest BCUT2D eigenvalue weighted by atomic mass is 9.34. The standard InChI is InChI=1S/C89H59BN4/c1-89(2,3)59-52-80-84-81(53-59)94-86-62(57-28-8-5-9-29-57)42-24-44-74(86)68-36-13-11-32-64(68)66-34-15-17-40-72(66)83-79(92-77-45-20-18-37-69(77)70-38-19-21-46-78(70)92)50-49-76(88(83)94)90(84)75-48-47-60(58-30-22-25-55(51-58)54-91)82-71-39-16-14-33-65(71)63-31-10-12-35-67(63)73-43-23-41-61(56-26-6-4-7-27-56)85(73)93(80)87(75)82/h4-53H,1-3H3/i18D,19D,20D,21D,37D,38D,45D,46D,47D,48D,49D,50D,52D,53D. The summed E-state index contributed by atoms with van der Waals surface area (Å²) in [5.74, 6) is 0. The molecule has 0 unspecified atom stereocenters. The fourth-order valence-corrected chi connectivity index (χ4v) is 15.3. The molecule has 5 heterocycles. The summed E-state index contributed by atoms with van der Waals surface area (Å²) in [7, 11) is 0. The summed E-state index contributed by atoms with van der Waals surface area (Å²) in [4.78, 5) is 0. The number of nitriles is 1. The number of para-hydroxylation sites is 4. The van der Waals surface area contributed by atoms with Crippen molar-refractivity contribution < 1.29 is 19.2 Å². The zero-order valence-electron chi connectivity index (χ0n) is 65.2. The monoisotopic (exact) mass is 1210 g/mol. The summed E-state index contributed by atoms with van der Waals surface area (Å²) < 4.78 is 151. The molecule has 14 aromatic carbocycles. The Kier molecular flexibility index (Phi) is 9.04. The summed E-state index contributed by atoms with van der Waals surface area (Å²) in [5.41, 5.74) is 5.26. The average molecular weight is 1210 g/mol. The molecule has 17 aromatic rings. The van der Waals surface area contributed by atoms with Gasteiger partial charge in [-0.05, 0) is 135 Å². The molecular weight excluding hydrogens is 1140 g/mol. The highest BCUT2D eigenvalue weighted by Crippen LogP contribution is 2.47. The second-order valence-electron chi connectivity index (χ2n) is 25.4. The molecular formula is C89H59BN4. The molecule has 0 aliphatic carbocycles. The number of benzene rings is 14. The SMILES string of the molecule is [2H]c1c2c3c(c([2H])c1C(C)(C)C)-n1c4c(-c5ccccc5)cccc4c4ccccc4c4ccccc4c4c(-n5c6c([2H])c([2H])c([2H])c([2H])c6c6c([2H])c([2H])c([2H])c([2H])c65)c([2H])c([2H])c(c41)B3c1c([2H])c([2H])c(-c3cccc(C#N)c3)c3c4ccccc4c4ccccc4c4cccc(-c5ccccc5)c4n-2c13. The van der Waals surface area contributed by atoms with Crippen LogP contribution in [0.4, 0.5) is 0 Å². The van der Waals surface area contributed by atoms with Crippen LogP contribution in [0.2, 0.25) is 0 Å². The maximum Gasteiger partial charge on any atom is 0.252 e. The van der Waals surface area contributed by atoms with Crippen molar-refractivity contribution in [2.24, 2.45) is 0 Å². The molecule has 0 atom stereocenters. The molecule has 0 N–H and O–H groups in total. The van der Waals surface area contributed by atoms with Gasteiger partial charge >= 0.3 is 0 Å². The van der Waals surface area contributed by atoms with Gasteiger partial charge in [0.15, 0.2) is 0 Å². The molecule has 0 saturated carbocycles. The fourth-order valence-electron chi connectivity index (χ4n) is 15.3. The normalized spacial score (nSPS) is 14.5. The minimum absolute atomic E-state index is 0.0417. The van der Waals surface area contributed by atoms with Gasteiger partial charge in [-0.3, -0.25) is 0 Å². The molecule has 4 nitrogen and oxygen atoms in total. The number of nitrogens with zero attached hydrogens (tertiary/aromatic N) is 4. The van der Waals surface area contributed by atoms with E-state index in [1.807, 2.05) is 201 Å². The van der Waals surface area contributed by atoms with Crippen molar-refractivity contribution in [3.63, 3.8) is 0 Å². The van der Waals surface area contributed by atoms with E-state index < -0.39 is 72.6 Å². The van der Waals surface area contributed by atoms with Gasteiger partial charge in [-0.1, -0.05) is 281 Å². The fraction of sp³-hybridized carbons (Fsp3) is 0.0449. The Balaban J connectivity index is 1.23. The summed E-state index contributed by atoms with van der Waals surface area (Å²) in [5, 5.41) is 17.8. The van der Waals surface area contributed by atoms with Crippen LogP contribution in [0.1, 0.15) is 51.1 Å². The average Bonchev–Trinajstić information content (AvgIpc) is 0.966. The van der Waals surface area contributed by atoms with Crippen molar-refractivity contribution in [3.8, 4) is 56.5 Å². The van der Waals surface area contributed by atoms with Crippen molar-refractivity contribution in [2.75, 3.05) is 0 Å². The smallest absolute Gasteiger partial charge is 0.252 e. The second kappa shape index (κ2) is 20.5. The maximum absolute atomic E-state index is 11.7. The Hall–Kier alpha value is -12.0. The second-order valence-corrected chi connectivity index (χ2v) is 25.4. The third-order valence-corrected chi connectivity index (χ3v) is 19.2. The Labute approximate surface area is 564 Å². The van der Waals surface area contributed by atoms with Gasteiger partial charge in [-0.15, -0.1) is 0 Å². The Morgan fingerprint density at radius 1 is 0.351 bits per heavy atom. The van der Waals surface area contributed by atoms with Crippen molar-refractivity contribution in [3.05, 3.63) is 314 Å². The van der Waals surface area contributed by atoms with Crippen LogP contribution in [-0.2, 0) is 5.41 Å². The Morgan fingerprint density at radius 2 is 0.766 bits per heavy atom. The molecule has 3 aromatic heterocycles. The highest BCUT2D eigenvalue weighted by Gasteiger charge is 2.42. The van der Waals surface area contributed by atoms with E-state index in [0.29, 0.717) is 82.1 Å². The Bertz CT molecular complexity index is 7160. The van der Waals surface area contributed by atoms with Crippen LogP contribution < -0.4 is 16.4 Å². The first-order chi connectivity index (χ1) is 52.2. The number of aromatic nitrogens is 3. The lowest BCUT2D eigenvalue weighted by Gasteiger charge is -2.38. The van der Waals surface area contributed by atoms with Gasteiger partial charge in [0.1, 0.15) is 0 Å². The number of rotatable bonds is 4. The molecule has 94 heavy (non-hydrogen) atoms. The highest BCUT2D eigenvalue weighted by molar-refractivity contribution is 7.00. The van der Waals surface area contributed by atoms with Gasteiger partial charge in [-0.25, -0.2) is 0 Å². The van der Waals surface area contributed by atoms with E-state index in [-0.39, 0.29) is 84.9 Å². The van der Waals surface area contributed by atoms with Gasteiger partial charge < -0.3 is 13.7 Å². The van der Waals surface area contributed by atoms with E-state index in [1.54, 1.807) is 18.2 Å². The van der Waals surface area contributed by atoms with Crippen molar-refractivity contribution in [2.45, 2.75) is 26.2 Å². The number of hydrogen-bond acceptors (Lipinski definition) is 1. The summed E-state index contributed by atoms with van der Waals surface area (Å²) in [6.07, 6.45) is 0. The molecule has 5 heteroatoms. The molecule has 0 amide bonds. The predicted octanol–water partition coefficient (Wildman–Crippen LogP) is 21.2. The summed E-state index contributed by atoms with van der Waals surface area (Å²) in [6.45, 7) is 4.48. The summed E-state index contributed by atoms with van der Waals surface area (Å²) in [6, 6.07) is 66.1. The van der Waals surface area contributed by atoms with E-state index in [2.05, 4.69) is 34.9 Å². The number of fused-ring (bicyclic) bond motifs is 21. The van der Waals surface area contributed by atoms with Crippen LogP contribution in [-0.4, -0.2) is 20.4 Å². The van der Waals surface area contributed by atoms with Crippen LogP contribution in [0, 0.1) is 11.3 Å². The zero-order valence-corrected chi connectivity index (χ0v) is 51.2. The van der Waals surface area contributed by atoms with Gasteiger partial charge in [0.05, 0.1) is 64.1 Å². The highest BCUT2D eigenvalue weighted by atomic mass is 15.0. The Morgan fingerprint density at radius 3 is 1.28 bits per heavy atom. The first-order valence-corrected chi connectivity index (χ1v) is 31.5. The molecule has 0 saturated heterocycles. The van der Waals surface area contributed by atoms with Crippen molar-refractivity contribution in [1.29, 1.82) is 5.26 Å². The van der Waals surface area contributed by atoms with E-state index >= 15 is 0 Å². The molecule has 0 spiro atoms. The lowest BCUT2D eigenvalue weighted by Crippen LogP contribution is -2.60. The van der Waals surface area contributed by atoms with Crippen LogP contribution in [0.15, 0.2) is 303 Å². The minimum Gasteiger partial charge on any atom is -0.310 e. The minimum atomic E-state index is -1.47. The third kappa shape index (κ3) is 7.75. The van der Waals surface area contributed by atoms with Gasteiger partial charge in [0, 0.05) is 60.3 Å². The first-order valence-electron chi connectivity index (χ1n) is 38.5. The third-order valence-electron chi connectivity index (χ3n) is 19.2. The zero-order chi connectivity index (χ0) is 74.7. The van der Waals surface area contributed by atoms with Gasteiger partial charge in [-0.2, -0.15) is 5.26 Å². The quantitative estimate of drug-likeness (QED) is 0.162. The van der Waals surface area contributed by atoms with E-state index in [9.17, 15) is 24.5 Å². The van der Waals surface area contributed by atoms with Gasteiger partial charge in [0.25, 0.3) is 6.71 Å². The lowest BCUT2D eigenvalue weighted by molar-refractivity contribution is 0.589. The first kappa shape index (κ1) is 41.4. The number of hydrogen-bond donors (Lipinski definition) is 0. The van der Waals surface area contributed by atoms with Gasteiger partial charge in [0.2, 0.25) is 0 Å². The molecule has 2 aliphatic rings. The molecule has 0 fully saturated rings. The van der Waals surface area contributed by atoms with E-state index in [4.69, 9.17) is 0 Å². The largest absolute Gasteiger partial charge is 0.310 e. The summed E-state index contributed by atoms with van der Waals surface area (Å²) >= 11 is 0. The van der Waals surface area contributed by atoms with Crippen molar-refractivity contribution >= 4 is 132 Å². The van der Waals surface area contributed by atoms with E-state index in [0.717, 1.165) is 43.6 Å². The van der Waals surface area contributed by atoms with Crippen LogP contribution in [0.5, 0.6) is 0 Å². The van der Waals surface area contributed by atoms with Crippen LogP contribution in [0.25, 0.3) is 159 Å². The molecule has 0 bridgehead atoms. The maximum atomic E-state index is 11.7. The molecule has 2 aliphatic heterocycles. The molecule has 438 valence electrons. The topological polar surface area (TPSA) is 38.6 Å². The van der Waals surface area contributed by atoms with Crippen molar-refractivity contribution in [1.82, 2.24) is 13.7 Å². The molecule has 0 radical (unpaired) electrons. The molecule has 19 rings (SSSR count). The van der Waals surface area contributed by atoms with E-state index in [1.165, 1.54) is 4.57 Å². The van der Waals surface area contributed by atoms with Crippen LogP contribution in [0.3, 0.4) is 0 Å².